The van der Waals surface area contributed by atoms with Crippen molar-refractivity contribution in [1.29, 1.82) is 0 Å². The van der Waals surface area contributed by atoms with Crippen LogP contribution < -0.4 is 20.5 Å². The number of hydrogen-bond donors (Lipinski definition) is 2. The van der Waals surface area contributed by atoms with Crippen LogP contribution in [0.15, 0.2) is 17.0 Å². The van der Waals surface area contributed by atoms with E-state index in [0.29, 0.717) is 12.3 Å². The monoisotopic (exact) mass is 256 g/mol. The van der Waals surface area contributed by atoms with Gasteiger partial charge in [-0.15, -0.1) is 11.8 Å². The van der Waals surface area contributed by atoms with Crippen LogP contribution in [0.4, 0.5) is 4.79 Å². The summed E-state index contributed by atoms with van der Waals surface area (Å²) >= 11 is 1.57. The van der Waals surface area contributed by atoms with E-state index in [1.165, 1.54) is 0 Å². The third-order valence-corrected chi connectivity index (χ3v) is 3.00. The highest BCUT2D eigenvalue weighted by Crippen LogP contribution is 2.34. The van der Waals surface area contributed by atoms with E-state index in [4.69, 9.17) is 15.2 Å². The Labute approximate surface area is 105 Å². The van der Waals surface area contributed by atoms with E-state index in [1.54, 1.807) is 26.0 Å². The summed E-state index contributed by atoms with van der Waals surface area (Å²) in [4.78, 5) is 11.7. The van der Waals surface area contributed by atoms with Gasteiger partial charge in [0.2, 0.25) is 0 Å². The summed E-state index contributed by atoms with van der Waals surface area (Å²) in [5, 5.41) is 2.52. The van der Waals surface area contributed by atoms with Crippen molar-refractivity contribution < 1.29 is 14.3 Å². The highest BCUT2D eigenvalue weighted by atomic mass is 32.2. The minimum Gasteiger partial charge on any atom is -0.496 e. The highest BCUT2D eigenvalue weighted by molar-refractivity contribution is 7.98. The normalized spacial score (nSPS) is 9.82. The lowest BCUT2D eigenvalue weighted by atomic mass is 10.2. The second kappa shape index (κ2) is 6.24. The van der Waals surface area contributed by atoms with Crippen molar-refractivity contribution in [3.8, 4) is 11.5 Å². The summed E-state index contributed by atoms with van der Waals surface area (Å²) in [7, 11) is 3.19. The van der Waals surface area contributed by atoms with Crippen LogP contribution in [0.1, 0.15) is 5.56 Å². The number of nitrogens with one attached hydrogen (secondary N) is 1. The number of nitrogens with two attached hydrogens (primary N) is 1. The van der Waals surface area contributed by atoms with Crippen molar-refractivity contribution in [1.82, 2.24) is 5.32 Å². The SMILES string of the molecule is COc1cc(SC)c(OC)cc1CNC(N)=O. The average molecular weight is 256 g/mol. The van der Waals surface area contributed by atoms with Crippen LogP contribution in [-0.2, 0) is 6.54 Å². The van der Waals surface area contributed by atoms with Gasteiger partial charge in [-0.25, -0.2) is 4.79 Å². The lowest BCUT2D eigenvalue weighted by Gasteiger charge is -2.13. The Morgan fingerprint density at radius 2 is 2.00 bits per heavy atom. The molecule has 0 radical (unpaired) electrons. The molecule has 0 aliphatic carbocycles. The fraction of sp³-hybridized carbons (Fsp3) is 0.364. The van der Waals surface area contributed by atoms with E-state index in [2.05, 4.69) is 5.32 Å². The minimum atomic E-state index is -0.569. The van der Waals surface area contributed by atoms with Crippen LogP contribution in [0.5, 0.6) is 11.5 Å². The molecule has 5 nitrogen and oxygen atoms in total. The first-order chi connectivity index (χ1) is 8.12. The molecule has 3 N–H and O–H groups in total. The van der Waals surface area contributed by atoms with E-state index in [0.717, 1.165) is 16.2 Å². The molecule has 17 heavy (non-hydrogen) atoms. The topological polar surface area (TPSA) is 73.6 Å². The highest BCUT2D eigenvalue weighted by Gasteiger charge is 2.10. The van der Waals surface area contributed by atoms with Gasteiger partial charge in [0, 0.05) is 12.1 Å². The van der Waals surface area contributed by atoms with Gasteiger partial charge in [0.1, 0.15) is 11.5 Å². The maximum Gasteiger partial charge on any atom is 0.312 e. The summed E-state index contributed by atoms with van der Waals surface area (Å²) in [6.45, 7) is 0.309. The zero-order chi connectivity index (χ0) is 12.8. The largest absolute Gasteiger partial charge is 0.496 e. The molecular weight excluding hydrogens is 240 g/mol. The van der Waals surface area contributed by atoms with Gasteiger partial charge in [-0.1, -0.05) is 0 Å². The van der Waals surface area contributed by atoms with Crippen LogP contribution in [0, 0.1) is 0 Å². The fourth-order valence-corrected chi connectivity index (χ4v) is 1.98. The van der Waals surface area contributed by atoms with Gasteiger partial charge in [-0.2, -0.15) is 0 Å². The number of thioether (sulfide) groups is 1. The molecule has 0 saturated heterocycles. The predicted molar refractivity (Wildman–Crippen MR) is 67.8 cm³/mol. The van der Waals surface area contributed by atoms with Crippen LogP contribution in [0.25, 0.3) is 0 Å². The van der Waals surface area contributed by atoms with E-state index in [9.17, 15) is 4.79 Å². The zero-order valence-electron chi connectivity index (χ0n) is 10.1. The van der Waals surface area contributed by atoms with Gasteiger partial charge in [0.15, 0.2) is 0 Å². The number of benzene rings is 1. The fourth-order valence-electron chi connectivity index (χ4n) is 1.41. The third-order valence-electron chi connectivity index (χ3n) is 2.24. The Hall–Kier alpha value is -1.56. The van der Waals surface area contributed by atoms with Crippen LogP contribution in [0.2, 0.25) is 0 Å². The lowest BCUT2D eigenvalue weighted by Crippen LogP contribution is -2.28. The molecule has 0 heterocycles. The molecule has 1 rings (SSSR count). The summed E-state index contributed by atoms with van der Waals surface area (Å²) in [6, 6.07) is 3.14. The first-order valence-electron chi connectivity index (χ1n) is 4.94. The molecule has 1 aromatic rings. The number of amides is 2. The Kier molecular flexibility index (Phi) is 4.96. The maximum atomic E-state index is 10.7. The van der Waals surface area contributed by atoms with Gasteiger partial charge in [0.25, 0.3) is 0 Å². The number of carbonyl (C=O) groups excluding carboxylic acids is 1. The number of carbonyl (C=O) groups is 1. The molecule has 0 unspecified atom stereocenters. The van der Waals surface area contributed by atoms with E-state index < -0.39 is 6.03 Å². The summed E-state index contributed by atoms with van der Waals surface area (Å²) < 4.78 is 10.5. The molecule has 2 amide bonds. The van der Waals surface area contributed by atoms with Crippen molar-refractivity contribution in [2.24, 2.45) is 5.73 Å². The first kappa shape index (κ1) is 13.5. The molecule has 6 heteroatoms. The van der Waals surface area contributed by atoms with Crippen LogP contribution in [-0.4, -0.2) is 26.5 Å². The molecule has 1 aromatic carbocycles. The first-order valence-corrected chi connectivity index (χ1v) is 6.17. The van der Waals surface area contributed by atoms with E-state index >= 15 is 0 Å². The molecule has 0 spiro atoms. The van der Waals surface area contributed by atoms with Gasteiger partial charge < -0.3 is 20.5 Å². The number of ether oxygens (including phenoxy) is 2. The van der Waals surface area contributed by atoms with Crippen LogP contribution >= 0.6 is 11.8 Å². The maximum absolute atomic E-state index is 10.7. The summed E-state index contributed by atoms with van der Waals surface area (Å²) in [6.07, 6.45) is 1.96. The molecule has 0 bridgehead atoms. The zero-order valence-corrected chi connectivity index (χ0v) is 10.9. The molecule has 0 saturated carbocycles. The molecule has 0 aliphatic rings. The van der Waals surface area contributed by atoms with Crippen molar-refractivity contribution in [2.45, 2.75) is 11.4 Å². The lowest BCUT2D eigenvalue weighted by molar-refractivity contribution is 0.248. The minimum absolute atomic E-state index is 0.309. The summed E-state index contributed by atoms with van der Waals surface area (Å²) in [5.41, 5.74) is 5.85. The molecule has 0 fully saturated rings. The standard InChI is InChI=1S/C11H16N2O3S/c1-15-8-5-10(17-3)9(16-2)4-7(8)6-13-11(12)14/h4-5H,6H2,1-3H3,(H3,12,13,14). The van der Waals surface area contributed by atoms with Crippen LogP contribution in [0.3, 0.4) is 0 Å². The smallest absolute Gasteiger partial charge is 0.312 e. The number of hydrogen-bond acceptors (Lipinski definition) is 4. The molecule has 94 valence electrons. The molecule has 0 aromatic heterocycles. The Morgan fingerprint density at radius 3 is 2.47 bits per heavy atom. The van der Waals surface area contributed by atoms with Crippen molar-refractivity contribution in [3.63, 3.8) is 0 Å². The summed E-state index contributed by atoms with van der Waals surface area (Å²) in [5.74, 6) is 1.45. The second-order valence-electron chi connectivity index (χ2n) is 3.24. The van der Waals surface area contributed by atoms with E-state index in [-0.39, 0.29) is 0 Å². The Balaban J connectivity index is 3.05. The van der Waals surface area contributed by atoms with Gasteiger partial charge in [-0.05, 0) is 18.4 Å². The molecule has 0 atom stereocenters. The van der Waals surface area contributed by atoms with Gasteiger partial charge in [-0.3, -0.25) is 0 Å². The third kappa shape index (κ3) is 3.45. The Bertz CT molecular complexity index is 410. The molecule has 0 aliphatic heterocycles. The van der Waals surface area contributed by atoms with Crippen molar-refractivity contribution >= 4 is 17.8 Å². The number of rotatable bonds is 5. The van der Waals surface area contributed by atoms with Gasteiger partial charge >= 0.3 is 6.03 Å². The quantitative estimate of drug-likeness (QED) is 0.785. The molecular formula is C11H16N2O3S. The second-order valence-corrected chi connectivity index (χ2v) is 4.08. The average Bonchev–Trinajstić information content (AvgIpc) is 2.34. The number of urea groups is 1. The number of methoxy groups -OCH3 is 2. The number of primary amides is 1. The van der Waals surface area contributed by atoms with Crippen molar-refractivity contribution in [3.05, 3.63) is 17.7 Å². The Morgan fingerprint density at radius 1 is 1.35 bits per heavy atom. The van der Waals surface area contributed by atoms with Crippen molar-refractivity contribution in [2.75, 3.05) is 20.5 Å². The van der Waals surface area contributed by atoms with Gasteiger partial charge in [0.05, 0.1) is 19.1 Å². The van der Waals surface area contributed by atoms with E-state index in [1.807, 2.05) is 18.4 Å². The predicted octanol–water partition coefficient (Wildman–Crippen LogP) is 1.59.